The molecule has 1 fully saturated rings. The minimum absolute atomic E-state index is 0.0415. The van der Waals surface area contributed by atoms with Crippen LogP contribution in [-0.2, 0) is 14.3 Å². The number of ether oxygens (including phenoxy) is 1. The average Bonchev–Trinajstić information content (AvgIpc) is 3.13. The molecule has 0 aromatic heterocycles. The number of epoxide rings is 1. The summed E-state index contributed by atoms with van der Waals surface area (Å²) in [4.78, 5) is 22.0. The third-order valence-electron chi connectivity index (χ3n) is 3.30. The van der Waals surface area contributed by atoms with Gasteiger partial charge in [-0.15, -0.1) is 0 Å². The lowest BCUT2D eigenvalue weighted by atomic mass is 9.81. The maximum absolute atomic E-state index is 11.1. The summed E-state index contributed by atoms with van der Waals surface area (Å²) in [7, 11) is 0. The van der Waals surface area contributed by atoms with Crippen LogP contribution >= 0.6 is 0 Å². The number of carbonyl (C=O) groups is 2. The van der Waals surface area contributed by atoms with Gasteiger partial charge in [0.25, 0.3) is 0 Å². The molecule has 3 N–H and O–H groups in total. The minimum atomic E-state index is -0.854. The first-order valence-electron chi connectivity index (χ1n) is 7.28. The van der Waals surface area contributed by atoms with Gasteiger partial charge in [0.05, 0.1) is 12.7 Å². The number of rotatable bonds is 4. The second-order valence-electron chi connectivity index (χ2n) is 5.83. The summed E-state index contributed by atoms with van der Waals surface area (Å²) in [5.74, 6) is -0.751. The van der Waals surface area contributed by atoms with E-state index in [9.17, 15) is 9.59 Å². The SMILES string of the molecule is CC(=O)NC1CC=C(C(=O)O)C[C@@H]1CC1CO1.CC(C)O. The lowest BCUT2D eigenvalue weighted by molar-refractivity contribution is -0.133. The summed E-state index contributed by atoms with van der Waals surface area (Å²) in [5.41, 5.74) is 0.456. The number of hydrogen-bond donors (Lipinski definition) is 3. The first kappa shape index (κ1) is 17.7. The number of aliphatic hydroxyl groups excluding tert-OH is 1. The number of amides is 1. The minimum Gasteiger partial charge on any atom is -0.478 e. The van der Waals surface area contributed by atoms with Crippen molar-refractivity contribution in [2.24, 2.45) is 5.92 Å². The number of carboxylic acid groups (broad SMARTS) is 1. The van der Waals surface area contributed by atoms with Crippen molar-refractivity contribution in [3.05, 3.63) is 11.6 Å². The van der Waals surface area contributed by atoms with Crippen LogP contribution in [0.3, 0.4) is 0 Å². The molecule has 0 aromatic carbocycles. The van der Waals surface area contributed by atoms with E-state index in [0.717, 1.165) is 13.0 Å². The average molecular weight is 299 g/mol. The van der Waals surface area contributed by atoms with Gasteiger partial charge in [-0.05, 0) is 39.0 Å². The third kappa shape index (κ3) is 7.24. The van der Waals surface area contributed by atoms with Crippen molar-refractivity contribution in [2.45, 2.75) is 58.3 Å². The van der Waals surface area contributed by atoms with Crippen molar-refractivity contribution >= 4 is 11.9 Å². The Morgan fingerprint density at radius 2 is 2.05 bits per heavy atom. The number of aliphatic carboxylic acids is 1. The van der Waals surface area contributed by atoms with E-state index in [2.05, 4.69) is 5.32 Å². The Kier molecular flexibility index (Phi) is 6.84. The Bertz CT molecular complexity index is 398. The highest BCUT2D eigenvalue weighted by atomic mass is 16.6. The molecule has 21 heavy (non-hydrogen) atoms. The van der Waals surface area contributed by atoms with Crippen molar-refractivity contribution in [3.63, 3.8) is 0 Å². The Hall–Kier alpha value is -1.40. The molecule has 0 saturated carbocycles. The standard InChI is InChI=1S/C12H17NO4.C3H8O/c1-7(14)13-11-3-2-8(12(15)16)4-9(11)5-10-6-17-10;1-3(2)4/h2,9-11H,3-6H2,1H3,(H,13,14)(H,15,16);3-4H,1-2H3/t9-,10?,11?;/m1./s1. The van der Waals surface area contributed by atoms with Crippen molar-refractivity contribution in [1.82, 2.24) is 5.32 Å². The predicted molar refractivity (Wildman–Crippen MR) is 77.8 cm³/mol. The van der Waals surface area contributed by atoms with Gasteiger partial charge in [0.2, 0.25) is 5.91 Å². The Labute approximate surface area is 125 Å². The number of hydrogen-bond acceptors (Lipinski definition) is 4. The highest BCUT2D eigenvalue weighted by Gasteiger charge is 2.34. The van der Waals surface area contributed by atoms with Crippen molar-refractivity contribution in [1.29, 1.82) is 0 Å². The third-order valence-corrected chi connectivity index (χ3v) is 3.30. The van der Waals surface area contributed by atoms with Gasteiger partial charge in [0, 0.05) is 24.6 Å². The van der Waals surface area contributed by atoms with Gasteiger partial charge < -0.3 is 20.3 Å². The van der Waals surface area contributed by atoms with E-state index in [0.29, 0.717) is 18.4 Å². The molecule has 0 bridgehead atoms. The first-order valence-corrected chi connectivity index (χ1v) is 7.28. The van der Waals surface area contributed by atoms with E-state index < -0.39 is 5.97 Å². The molecule has 1 saturated heterocycles. The van der Waals surface area contributed by atoms with Crippen molar-refractivity contribution in [3.8, 4) is 0 Å². The molecule has 1 heterocycles. The largest absolute Gasteiger partial charge is 0.478 e. The van der Waals surface area contributed by atoms with Gasteiger partial charge in [-0.25, -0.2) is 4.79 Å². The van der Waals surface area contributed by atoms with E-state index in [1.165, 1.54) is 6.92 Å². The zero-order chi connectivity index (χ0) is 16.0. The lowest BCUT2D eigenvalue weighted by Crippen LogP contribution is -2.41. The van der Waals surface area contributed by atoms with E-state index in [1.54, 1.807) is 19.9 Å². The maximum atomic E-state index is 11.1. The maximum Gasteiger partial charge on any atom is 0.331 e. The van der Waals surface area contributed by atoms with Crippen LogP contribution in [0.2, 0.25) is 0 Å². The van der Waals surface area contributed by atoms with Crippen LogP contribution in [0.1, 0.15) is 40.0 Å². The number of aliphatic hydroxyl groups is 1. The molecule has 1 aliphatic carbocycles. The molecular formula is C15H25NO5. The van der Waals surface area contributed by atoms with E-state index >= 15 is 0 Å². The molecule has 3 atom stereocenters. The molecule has 2 unspecified atom stereocenters. The molecule has 1 aliphatic heterocycles. The van der Waals surface area contributed by atoms with Gasteiger partial charge in [-0.3, -0.25) is 4.79 Å². The highest BCUT2D eigenvalue weighted by molar-refractivity contribution is 5.86. The molecule has 2 aliphatic rings. The second-order valence-corrected chi connectivity index (χ2v) is 5.83. The van der Waals surface area contributed by atoms with Crippen LogP contribution in [0, 0.1) is 5.92 Å². The smallest absolute Gasteiger partial charge is 0.331 e. The molecule has 1 amide bonds. The zero-order valence-corrected chi connectivity index (χ0v) is 12.8. The summed E-state index contributed by atoms with van der Waals surface area (Å²) < 4.78 is 5.18. The summed E-state index contributed by atoms with van der Waals surface area (Å²) in [6.45, 7) is 5.69. The Morgan fingerprint density at radius 3 is 2.48 bits per heavy atom. The van der Waals surface area contributed by atoms with Crippen LogP contribution in [0.15, 0.2) is 11.6 Å². The molecule has 120 valence electrons. The molecule has 6 nitrogen and oxygen atoms in total. The van der Waals surface area contributed by atoms with Crippen LogP contribution in [0.25, 0.3) is 0 Å². The predicted octanol–water partition coefficient (Wildman–Crippen LogP) is 1.09. The van der Waals surface area contributed by atoms with Crippen LogP contribution in [-0.4, -0.2) is 46.9 Å². The van der Waals surface area contributed by atoms with E-state index in [-0.39, 0.29) is 30.1 Å². The van der Waals surface area contributed by atoms with Gasteiger partial charge >= 0.3 is 5.97 Å². The first-order chi connectivity index (χ1) is 9.79. The summed E-state index contributed by atoms with van der Waals surface area (Å²) in [6.07, 6.45) is 3.74. The van der Waals surface area contributed by atoms with Gasteiger partial charge in [-0.1, -0.05) is 6.08 Å². The lowest BCUT2D eigenvalue weighted by Gasteiger charge is -2.30. The van der Waals surface area contributed by atoms with E-state index in [4.69, 9.17) is 14.9 Å². The number of carbonyl (C=O) groups excluding carboxylic acids is 1. The number of carboxylic acids is 1. The zero-order valence-electron chi connectivity index (χ0n) is 12.8. The van der Waals surface area contributed by atoms with Gasteiger partial charge in [0.15, 0.2) is 0 Å². The Morgan fingerprint density at radius 1 is 1.48 bits per heavy atom. The summed E-state index contributed by atoms with van der Waals surface area (Å²) in [5, 5.41) is 19.9. The quantitative estimate of drug-likeness (QED) is 0.675. The highest BCUT2D eigenvalue weighted by Crippen LogP contribution is 2.32. The summed E-state index contributed by atoms with van der Waals surface area (Å²) in [6, 6.07) is 0.0415. The Balaban J connectivity index is 0.000000491. The van der Waals surface area contributed by atoms with Crippen LogP contribution < -0.4 is 5.32 Å². The summed E-state index contributed by atoms with van der Waals surface area (Å²) >= 11 is 0. The fourth-order valence-corrected chi connectivity index (χ4v) is 2.37. The fraction of sp³-hybridized carbons (Fsp3) is 0.733. The van der Waals surface area contributed by atoms with Crippen molar-refractivity contribution in [2.75, 3.05) is 6.61 Å². The molecule has 0 spiro atoms. The van der Waals surface area contributed by atoms with Gasteiger partial charge in [-0.2, -0.15) is 0 Å². The van der Waals surface area contributed by atoms with Gasteiger partial charge in [0.1, 0.15) is 0 Å². The molecule has 0 radical (unpaired) electrons. The van der Waals surface area contributed by atoms with E-state index in [1.807, 2.05) is 0 Å². The molecular weight excluding hydrogens is 274 g/mol. The fourth-order valence-electron chi connectivity index (χ4n) is 2.37. The normalized spacial score (nSPS) is 27.3. The van der Waals surface area contributed by atoms with Crippen LogP contribution in [0.5, 0.6) is 0 Å². The monoisotopic (exact) mass is 299 g/mol. The van der Waals surface area contributed by atoms with Crippen LogP contribution in [0.4, 0.5) is 0 Å². The van der Waals surface area contributed by atoms with Crippen molar-refractivity contribution < 1.29 is 24.5 Å². The topological polar surface area (TPSA) is 99.2 Å². The second kappa shape index (κ2) is 8.14. The molecule has 2 rings (SSSR count). The number of nitrogens with one attached hydrogen (secondary N) is 1. The molecule has 0 aromatic rings. The molecule has 6 heteroatoms.